The number of rotatable bonds is 6. The summed E-state index contributed by atoms with van der Waals surface area (Å²) in [5.41, 5.74) is 5.57. The molecular weight excluding hydrogens is 588 g/mol. The summed E-state index contributed by atoms with van der Waals surface area (Å²) in [7, 11) is -2.85. The Bertz CT molecular complexity index is 1730. The summed E-state index contributed by atoms with van der Waals surface area (Å²) in [5.74, 6) is -0.479. The van der Waals surface area contributed by atoms with Gasteiger partial charge < -0.3 is 10.5 Å². The normalized spacial score (nSPS) is 21.4. The van der Waals surface area contributed by atoms with Crippen LogP contribution in [0.25, 0.3) is 0 Å². The number of nitrogens with two attached hydrogens (primary N) is 1. The van der Waals surface area contributed by atoms with Crippen LogP contribution in [0.4, 0.5) is 23.2 Å². The molecule has 0 radical (unpaired) electrons. The lowest BCUT2D eigenvalue weighted by Gasteiger charge is -2.45. The fourth-order valence-electron chi connectivity index (χ4n) is 5.27. The van der Waals surface area contributed by atoms with Gasteiger partial charge in [-0.1, -0.05) is 5.57 Å². The average molecular weight is 615 g/mol. The second-order valence-corrected chi connectivity index (χ2v) is 12.1. The summed E-state index contributed by atoms with van der Waals surface area (Å²) in [4.78, 5) is 22.7. The van der Waals surface area contributed by atoms with Crippen LogP contribution in [-0.4, -0.2) is 49.4 Å². The van der Waals surface area contributed by atoms with Crippen LogP contribution in [0.2, 0.25) is 0 Å². The van der Waals surface area contributed by atoms with Gasteiger partial charge in [0.2, 0.25) is 10.0 Å². The maximum atomic E-state index is 14.2. The maximum Gasteiger partial charge on any atom is 0.416 e. The number of alkyl halides is 3. The molecule has 0 bridgehead atoms. The Labute approximate surface area is 245 Å². The molecule has 0 saturated carbocycles. The minimum atomic E-state index is -4.63. The van der Waals surface area contributed by atoms with Gasteiger partial charge in [-0.25, -0.2) is 22.8 Å². The summed E-state index contributed by atoms with van der Waals surface area (Å²) < 4.78 is 86.4. The Balaban J connectivity index is 1.59. The summed E-state index contributed by atoms with van der Waals surface area (Å²) in [5, 5.41) is 0. The number of ketones is 1. The van der Waals surface area contributed by atoms with Crippen molar-refractivity contribution >= 4 is 27.2 Å². The molecule has 2 aromatic carbocycles. The number of sulfonamides is 1. The third-order valence-electron chi connectivity index (χ3n) is 7.56. The van der Waals surface area contributed by atoms with E-state index < -0.39 is 38.8 Å². The average Bonchev–Trinajstić information content (AvgIpc) is 3.00. The number of piperidine rings is 1. The van der Waals surface area contributed by atoms with Crippen molar-refractivity contribution in [2.24, 2.45) is 16.1 Å². The van der Waals surface area contributed by atoms with Crippen molar-refractivity contribution in [3.05, 3.63) is 107 Å². The van der Waals surface area contributed by atoms with Crippen molar-refractivity contribution < 1.29 is 35.5 Å². The van der Waals surface area contributed by atoms with Gasteiger partial charge in [-0.15, -0.1) is 0 Å². The minimum absolute atomic E-state index is 0.0268. The van der Waals surface area contributed by atoms with E-state index in [9.17, 15) is 30.8 Å². The molecule has 0 amide bonds. The van der Waals surface area contributed by atoms with Crippen LogP contribution in [0.15, 0.2) is 100 Å². The molecule has 8 nitrogen and oxygen atoms in total. The van der Waals surface area contributed by atoms with Gasteiger partial charge in [0.1, 0.15) is 17.3 Å². The van der Waals surface area contributed by atoms with Crippen molar-refractivity contribution in [3.63, 3.8) is 0 Å². The lowest BCUT2D eigenvalue weighted by atomic mass is 9.64. The van der Waals surface area contributed by atoms with Gasteiger partial charge in [0.25, 0.3) is 0 Å². The molecule has 2 aliphatic rings. The van der Waals surface area contributed by atoms with Crippen LogP contribution in [0.3, 0.4) is 0 Å². The van der Waals surface area contributed by atoms with E-state index in [4.69, 9.17) is 10.5 Å². The molecule has 5 rings (SSSR count). The van der Waals surface area contributed by atoms with Gasteiger partial charge in [-0.2, -0.15) is 17.5 Å². The highest BCUT2D eigenvalue weighted by Crippen LogP contribution is 2.47. The number of benzene rings is 2. The van der Waals surface area contributed by atoms with Crippen LogP contribution in [0.5, 0.6) is 5.75 Å². The molecule has 2 N–H and O–H groups in total. The molecule has 0 spiro atoms. The highest BCUT2D eigenvalue weighted by Gasteiger charge is 2.51. The summed E-state index contributed by atoms with van der Waals surface area (Å²) >= 11 is 0. The predicted octanol–water partition coefficient (Wildman–Crippen LogP) is 5.46. The Morgan fingerprint density at radius 3 is 2.37 bits per heavy atom. The molecule has 1 saturated heterocycles. The predicted molar refractivity (Wildman–Crippen MR) is 151 cm³/mol. The first kappa shape index (κ1) is 30.1. The highest BCUT2D eigenvalue weighted by molar-refractivity contribution is 7.89. The number of allylic oxidation sites excluding steroid dienone is 2. The number of ether oxygens (including phenoxy) is 1. The maximum absolute atomic E-state index is 14.2. The lowest BCUT2D eigenvalue weighted by Crippen LogP contribution is -2.53. The zero-order chi connectivity index (χ0) is 31.0. The number of aliphatic imine (C=N–C) groups is 1. The van der Waals surface area contributed by atoms with Gasteiger partial charge >= 0.3 is 6.18 Å². The molecule has 0 unspecified atom stereocenters. The topological polar surface area (TPSA) is 115 Å². The first-order chi connectivity index (χ1) is 20.4. The quantitative estimate of drug-likeness (QED) is 0.292. The zero-order valence-electron chi connectivity index (χ0n) is 22.8. The number of fused-ring (bicyclic) bond motifs is 1. The molecule has 1 fully saturated rings. The Hall–Kier alpha value is -4.36. The fourth-order valence-corrected chi connectivity index (χ4v) is 6.77. The van der Waals surface area contributed by atoms with Crippen LogP contribution < -0.4 is 10.5 Å². The first-order valence-electron chi connectivity index (χ1n) is 13.1. The van der Waals surface area contributed by atoms with E-state index in [-0.39, 0.29) is 36.5 Å². The summed E-state index contributed by atoms with van der Waals surface area (Å²) in [6.07, 6.45) is -0.181. The fraction of sp³-hybridized carbons (Fsp3) is 0.233. The van der Waals surface area contributed by atoms with Gasteiger partial charge in [0.05, 0.1) is 40.6 Å². The molecule has 13 heteroatoms. The van der Waals surface area contributed by atoms with E-state index in [1.165, 1.54) is 49.8 Å². The molecule has 3 aromatic rings. The van der Waals surface area contributed by atoms with E-state index in [1.807, 2.05) is 0 Å². The van der Waals surface area contributed by atoms with E-state index >= 15 is 0 Å². The monoisotopic (exact) mass is 614 g/mol. The smallest absolute Gasteiger partial charge is 0.416 e. The van der Waals surface area contributed by atoms with Crippen LogP contribution >= 0.6 is 0 Å². The van der Waals surface area contributed by atoms with Gasteiger partial charge in [-0.3, -0.25) is 4.79 Å². The Morgan fingerprint density at radius 2 is 1.79 bits per heavy atom. The number of carbonyl (C=O) groups excluding carboxylic acids is 1. The number of hydrogen-bond donors (Lipinski definition) is 1. The SMILES string of the molecule is COc1ccc(C(=O)[C@]23C/C(=C/N)C(=Nc4ccc(F)cc4)C=C2CCN(S(=O)(=O)c2ccc(C(F)(F)F)cc2)C3)nc1. The van der Waals surface area contributed by atoms with Gasteiger partial charge in [0.15, 0.2) is 5.78 Å². The number of halogens is 4. The second kappa shape index (κ2) is 11.4. The zero-order valence-corrected chi connectivity index (χ0v) is 23.6. The molecule has 224 valence electrons. The highest BCUT2D eigenvalue weighted by atomic mass is 32.2. The van der Waals surface area contributed by atoms with E-state index in [0.29, 0.717) is 40.4 Å². The lowest BCUT2D eigenvalue weighted by molar-refractivity contribution is -0.137. The molecule has 1 aliphatic heterocycles. The van der Waals surface area contributed by atoms with Crippen molar-refractivity contribution in [2.75, 3.05) is 20.2 Å². The number of carbonyl (C=O) groups is 1. The summed E-state index contributed by atoms with van der Waals surface area (Å²) in [6.45, 7) is -0.346. The molecule has 1 aliphatic carbocycles. The first-order valence-corrected chi connectivity index (χ1v) is 14.5. The third kappa shape index (κ3) is 5.82. The Morgan fingerprint density at radius 1 is 1.09 bits per heavy atom. The number of pyridine rings is 1. The Kier molecular flexibility index (Phi) is 7.97. The number of nitrogens with zero attached hydrogens (tertiary/aromatic N) is 3. The van der Waals surface area contributed by atoms with E-state index in [1.54, 1.807) is 12.1 Å². The van der Waals surface area contributed by atoms with Crippen molar-refractivity contribution in [3.8, 4) is 5.75 Å². The van der Waals surface area contributed by atoms with Crippen molar-refractivity contribution in [1.82, 2.24) is 9.29 Å². The largest absolute Gasteiger partial charge is 0.495 e. The van der Waals surface area contributed by atoms with Crippen LogP contribution in [0, 0.1) is 11.2 Å². The molecule has 1 atom stereocenters. The number of hydrogen-bond acceptors (Lipinski definition) is 7. The number of methoxy groups -OCH3 is 1. The van der Waals surface area contributed by atoms with Crippen LogP contribution in [-0.2, 0) is 16.2 Å². The third-order valence-corrected chi connectivity index (χ3v) is 9.42. The molecule has 1 aromatic heterocycles. The second-order valence-electron chi connectivity index (χ2n) is 10.1. The summed E-state index contributed by atoms with van der Waals surface area (Å²) in [6, 6.07) is 11.8. The molecular formula is C30H26F4N4O4S. The van der Waals surface area contributed by atoms with Gasteiger partial charge in [0, 0.05) is 13.1 Å². The molecule has 43 heavy (non-hydrogen) atoms. The minimum Gasteiger partial charge on any atom is -0.495 e. The standard InChI is InChI=1S/C30H26F4N4O4S/c1-42-24-8-11-26(36-17-24)28(39)29-15-19(16-35)27(37-23-6-4-22(31)5-7-23)14-21(29)12-13-38(18-29)43(40,41)25-9-2-20(3-10-25)30(32,33)34/h2-11,14,16-17H,12-13,15,18,35H2,1H3/b19-16-,37-27?/t29-/m0/s1. The number of aromatic nitrogens is 1. The van der Waals surface area contributed by atoms with Gasteiger partial charge in [-0.05, 0) is 91.4 Å². The van der Waals surface area contributed by atoms with E-state index in [2.05, 4.69) is 9.98 Å². The number of Topliss-reactive ketones (excluding diaryl/α,β-unsaturated/α-hetero) is 1. The van der Waals surface area contributed by atoms with E-state index in [0.717, 1.165) is 16.4 Å². The van der Waals surface area contributed by atoms with Crippen LogP contribution in [0.1, 0.15) is 28.9 Å². The van der Waals surface area contributed by atoms with Crippen molar-refractivity contribution in [2.45, 2.75) is 23.9 Å². The van der Waals surface area contributed by atoms with Crippen molar-refractivity contribution in [1.29, 1.82) is 0 Å². The molecule has 2 heterocycles.